The van der Waals surface area contributed by atoms with Gasteiger partial charge in [0, 0.05) is 11.1 Å². The Hall–Kier alpha value is -1.00. The maximum atomic E-state index is 5.93. The van der Waals surface area contributed by atoms with Gasteiger partial charge in [0.1, 0.15) is 11.0 Å². The van der Waals surface area contributed by atoms with E-state index in [0.717, 1.165) is 28.6 Å². The number of rotatable bonds is 3. The van der Waals surface area contributed by atoms with Gasteiger partial charge in [0.05, 0.1) is 17.1 Å². The molecule has 84 valence electrons. The van der Waals surface area contributed by atoms with Gasteiger partial charge < -0.3 is 0 Å². The Labute approximate surface area is 104 Å². The van der Waals surface area contributed by atoms with Crippen LogP contribution < -0.4 is 0 Å². The smallest absolute Gasteiger partial charge is 0.136 e. The van der Waals surface area contributed by atoms with Crippen LogP contribution >= 0.6 is 22.9 Å². The van der Waals surface area contributed by atoms with Gasteiger partial charge in [-0.1, -0.05) is 18.5 Å². The molecule has 0 saturated carbocycles. The van der Waals surface area contributed by atoms with E-state index in [1.807, 2.05) is 12.3 Å². The molecule has 0 amide bonds. The highest BCUT2D eigenvalue weighted by Crippen LogP contribution is 2.13. The van der Waals surface area contributed by atoms with Crippen molar-refractivity contribution in [2.45, 2.75) is 26.7 Å². The lowest BCUT2D eigenvalue weighted by Gasteiger charge is -2.01. The zero-order valence-corrected chi connectivity index (χ0v) is 10.8. The fraction of sp³-hybridized carbons (Fsp3) is 0.364. The Balaban J connectivity index is 2.24. The molecule has 0 bridgehead atoms. The van der Waals surface area contributed by atoms with Gasteiger partial charge in [0.25, 0.3) is 0 Å². The minimum Gasteiger partial charge on any atom is -0.246 e. The molecule has 0 aromatic carbocycles. The molecule has 0 atom stereocenters. The first-order valence-electron chi connectivity index (χ1n) is 5.10. The largest absolute Gasteiger partial charge is 0.246 e. The van der Waals surface area contributed by atoms with Crippen LogP contribution in [-0.4, -0.2) is 15.0 Å². The molecule has 2 aromatic heterocycles. The van der Waals surface area contributed by atoms with E-state index in [1.165, 1.54) is 0 Å². The molecular weight excluding hydrogens is 242 g/mol. The predicted octanol–water partition coefficient (Wildman–Crippen LogP) is 3.05. The highest BCUT2D eigenvalue weighted by Gasteiger charge is 2.05. The summed E-state index contributed by atoms with van der Waals surface area (Å²) < 4.78 is 0. The molecule has 0 aliphatic carbocycles. The lowest BCUT2D eigenvalue weighted by molar-refractivity contribution is 0.891. The standard InChI is InChI=1S/C11H12ClN3S/c1-3-8-4-10(12)15-11(14-8)5-9-6-16-7(2)13-9/h4,6H,3,5H2,1-2H3. The number of thiazole rings is 1. The van der Waals surface area contributed by atoms with E-state index in [2.05, 4.69) is 21.9 Å². The van der Waals surface area contributed by atoms with Crippen molar-refractivity contribution in [2.75, 3.05) is 0 Å². The molecule has 0 N–H and O–H groups in total. The van der Waals surface area contributed by atoms with E-state index < -0.39 is 0 Å². The van der Waals surface area contributed by atoms with Crippen molar-refractivity contribution in [3.8, 4) is 0 Å². The maximum absolute atomic E-state index is 5.93. The molecule has 0 aliphatic heterocycles. The van der Waals surface area contributed by atoms with E-state index in [-0.39, 0.29) is 0 Å². The highest BCUT2D eigenvalue weighted by atomic mass is 35.5. The summed E-state index contributed by atoms with van der Waals surface area (Å²) in [5.74, 6) is 0.745. The fourth-order valence-corrected chi connectivity index (χ4v) is 2.26. The van der Waals surface area contributed by atoms with Crippen LogP contribution in [0.1, 0.15) is 29.1 Å². The van der Waals surface area contributed by atoms with E-state index in [4.69, 9.17) is 11.6 Å². The Morgan fingerprint density at radius 1 is 1.25 bits per heavy atom. The van der Waals surface area contributed by atoms with Gasteiger partial charge in [-0.3, -0.25) is 0 Å². The molecule has 0 radical (unpaired) electrons. The van der Waals surface area contributed by atoms with Gasteiger partial charge in [0.2, 0.25) is 0 Å². The number of hydrogen-bond donors (Lipinski definition) is 0. The summed E-state index contributed by atoms with van der Waals surface area (Å²) in [5, 5.41) is 3.60. The van der Waals surface area contributed by atoms with E-state index in [1.54, 1.807) is 17.4 Å². The second-order valence-corrected chi connectivity index (χ2v) is 4.94. The van der Waals surface area contributed by atoms with Crippen LogP contribution in [0, 0.1) is 6.92 Å². The van der Waals surface area contributed by atoms with Crippen molar-refractivity contribution < 1.29 is 0 Å². The van der Waals surface area contributed by atoms with Crippen molar-refractivity contribution in [1.29, 1.82) is 0 Å². The third-order valence-corrected chi connectivity index (χ3v) is 3.18. The molecule has 0 aliphatic rings. The number of halogens is 1. The first-order chi connectivity index (χ1) is 7.67. The van der Waals surface area contributed by atoms with E-state index in [9.17, 15) is 0 Å². The predicted molar refractivity (Wildman–Crippen MR) is 66.1 cm³/mol. The summed E-state index contributed by atoms with van der Waals surface area (Å²) in [7, 11) is 0. The number of aryl methyl sites for hydroxylation is 2. The molecule has 0 spiro atoms. The monoisotopic (exact) mass is 253 g/mol. The number of aromatic nitrogens is 3. The van der Waals surface area contributed by atoms with Gasteiger partial charge in [-0.25, -0.2) is 15.0 Å². The minimum atomic E-state index is 0.508. The first kappa shape index (κ1) is 11.5. The minimum absolute atomic E-state index is 0.508. The summed E-state index contributed by atoms with van der Waals surface area (Å²) in [6.07, 6.45) is 1.52. The Morgan fingerprint density at radius 2 is 2.06 bits per heavy atom. The average Bonchev–Trinajstić information content (AvgIpc) is 2.63. The SMILES string of the molecule is CCc1cc(Cl)nc(Cc2csc(C)n2)n1. The zero-order chi connectivity index (χ0) is 11.5. The summed E-state index contributed by atoms with van der Waals surface area (Å²) in [6.45, 7) is 4.04. The topological polar surface area (TPSA) is 38.7 Å². The molecule has 16 heavy (non-hydrogen) atoms. The van der Waals surface area contributed by atoms with Crippen molar-refractivity contribution in [2.24, 2.45) is 0 Å². The summed E-state index contributed by atoms with van der Waals surface area (Å²) >= 11 is 7.57. The van der Waals surface area contributed by atoms with E-state index >= 15 is 0 Å². The molecular formula is C11H12ClN3S. The van der Waals surface area contributed by atoms with Crippen LogP contribution in [0.3, 0.4) is 0 Å². The third-order valence-electron chi connectivity index (χ3n) is 2.16. The van der Waals surface area contributed by atoms with Gasteiger partial charge >= 0.3 is 0 Å². The van der Waals surface area contributed by atoms with Gasteiger partial charge in [-0.05, 0) is 19.4 Å². The Kier molecular flexibility index (Phi) is 3.51. The van der Waals surface area contributed by atoms with Crippen molar-refractivity contribution in [3.05, 3.63) is 38.8 Å². The van der Waals surface area contributed by atoms with Gasteiger partial charge in [-0.15, -0.1) is 11.3 Å². The lowest BCUT2D eigenvalue weighted by Crippen LogP contribution is -2.00. The third kappa shape index (κ3) is 2.77. The van der Waals surface area contributed by atoms with Gasteiger partial charge in [0.15, 0.2) is 0 Å². The molecule has 2 heterocycles. The molecule has 5 heteroatoms. The lowest BCUT2D eigenvalue weighted by atomic mass is 10.3. The molecule has 0 fully saturated rings. The van der Waals surface area contributed by atoms with Gasteiger partial charge in [-0.2, -0.15) is 0 Å². The van der Waals surface area contributed by atoms with Crippen LogP contribution in [0.4, 0.5) is 0 Å². The van der Waals surface area contributed by atoms with Crippen molar-refractivity contribution in [1.82, 2.24) is 15.0 Å². The molecule has 0 saturated heterocycles. The molecule has 0 unspecified atom stereocenters. The molecule has 3 nitrogen and oxygen atoms in total. The highest BCUT2D eigenvalue weighted by molar-refractivity contribution is 7.09. The summed E-state index contributed by atoms with van der Waals surface area (Å²) in [5.41, 5.74) is 1.98. The van der Waals surface area contributed by atoms with Crippen LogP contribution in [0.5, 0.6) is 0 Å². The van der Waals surface area contributed by atoms with E-state index in [0.29, 0.717) is 11.6 Å². The van der Waals surface area contributed by atoms with Crippen LogP contribution in [-0.2, 0) is 12.8 Å². The average molecular weight is 254 g/mol. The van der Waals surface area contributed by atoms with Crippen LogP contribution in [0.15, 0.2) is 11.4 Å². The summed E-state index contributed by atoms with van der Waals surface area (Å²) in [6, 6.07) is 1.80. The normalized spacial score (nSPS) is 10.7. The van der Waals surface area contributed by atoms with Crippen LogP contribution in [0.2, 0.25) is 5.15 Å². The Bertz CT molecular complexity index is 496. The fourth-order valence-electron chi connectivity index (χ4n) is 1.43. The Morgan fingerprint density at radius 3 is 2.69 bits per heavy atom. The van der Waals surface area contributed by atoms with Crippen LogP contribution in [0.25, 0.3) is 0 Å². The molecule has 2 aromatic rings. The first-order valence-corrected chi connectivity index (χ1v) is 6.36. The van der Waals surface area contributed by atoms with Crippen molar-refractivity contribution in [3.63, 3.8) is 0 Å². The quantitative estimate of drug-likeness (QED) is 0.790. The second-order valence-electron chi connectivity index (χ2n) is 3.49. The second kappa shape index (κ2) is 4.89. The maximum Gasteiger partial charge on any atom is 0.136 e. The number of hydrogen-bond acceptors (Lipinski definition) is 4. The summed E-state index contributed by atoms with van der Waals surface area (Å²) in [4.78, 5) is 13.0. The number of nitrogens with zero attached hydrogens (tertiary/aromatic N) is 3. The zero-order valence-electron chi connectivity index (χ0n) is 9.20. The van der Waals surface area contributed by atoms with Crippen molar-refractivity contribution >= 4 is 22.9 Å². The molecule has 2 rings (SSSR count).